The number of pyridine rings is 1. The first kappa shape index (κ1) is 27.7. The number of carbonyl (C=O) groups excluding carboxylic acids is 2. The monoisotopic (exact) mass is 591 g/mol. The van der Waals surface area contributed by atoms with Crippen LogP contribution < -0.4 is 26.6 Å². The van der Waals surface area contributed by atoms with Crippen LogP contribution in [0, 0.1) is 12.7 Å². The minimum Gasteiger partial charge on any atom is -0.379 e. The molecule has 218 valence electrons. The van der Waals surface area contributed by atoms with Crippen LogP contribution in [-0.4, -0.2) is 49.6 Å². The van der Waals surface area contributed by atoms with E-state index in [0.717, 1.165) is 56.0 Å². The van der Waals surface area contributed by atoms with Crippen molar-refractivity contribution in [2.24, 2.45) is 0 Å². The Bertz CT molecular complexity index is 1610. The number of aryl methyl sites for hydroxylation is 1. The van der Waals surface area contributed by atoms with Gasteiger partial charge in [-0.2, -0.15) is 0 Å². The Labute approximate surface area is 246 Å². The Morgan fingerprint density at radius 2 is 1.67 bits per heavy atom. The third-order valence-electron chi connectivity index (χ3n) is 7.37. The minimum atomic E-state index is -0.631. The van der Waals surface area contributed by atoms with Crippen molar-refractivity contribution in [3.05, 3.63) is 71.0 Å². The zero-order chi connectivity index (χ0) is 29.2. The summed E-state index contributed by atoms with van der Waals surface area (Å²) < 4.78 is 15.6. The average Bonchev–Trinajstić information content (AvgIpc) is 3.65. The molecule has 0 unspecified atom stereocenters. The van der Waals surface area contributed by atoms with Gasteiger partial charge in [0, 0.05) is 41.1 Å². The van der Waals surface area contributed by atoms with E-state index in [1.807, 2.05) is 25.1 Å². The lowest BCUT2D eigenvalue weighted by Gasteiger charge is -2.30. The van der Waals surface area contributed by atoms with Crippen molar-refractivity contribution in [1.29, 1.82) is 0 Å². The van der Waals surface area contributed by atoms with Crippen LogP contribution in [0.5, 0.6) is 0 Å². The Balaban J connectivity index is 1.12. The van der Waals surface area contributed by atoms with Crippen LogP contribution >= 0.6 is 11.6 Å². The standard InChI is InChI=1S/C29H31ClFN9O2/c1-16-10-17(30)12-21(11-16)37-29(42)36-20-6-4-19(5-7-20)35-26-13-24(34-18-2-3-18)27-33-15-25(40(27)39-26)28(41)38-23-8-9-32-14-22(23)31/h8-15,18-20,34H,2-7H2,1H3,(H,35,39)(H,32,38,41)(H2,36,37,42). The second-order valence-corrected chi connectivity index (χ2v) is 11.3. The molecule has 0 spiro atoms. The van der Waals surface area contributed by atoms with Gasteiger partial charge in [-0.25, -0.2) is 18.7 Å². The average molecular weight is 592 g/mol. The Kier molecular flexibility index (Phi) is 7.79. The van der Waals surface area contributed by atoms with Crippen LogP contribution in [-0.2, 0) is 0 Å². The third kappa shape index (κ3) is 6.54. The fraction of sp³-hybridized carbons (Fsp3) is 0.345. The summed E-state index contributed by atoms with van der Waals surface area (Å²) in [6.07, 6.45) is 9.25. The number of benzene rings is 1. The number of aromatic nitrogens is 4. The zero-order valence-corrected chi connectivity index (χ0v) is 23.7. The molecule has 0 radical (unpaired) electrons. The lowest BCUT2D eigenvalue weighted by Crippen LogP contribution is -2.42. The van der Waals surface area contributed by atoms with Gasteiger partial charge in [-0.15, -0.1) is 5.10 Å². The minimum absolute atomic E-state index is 0.0253. The van der Waals surface area contributed by atoms with E-state index in [0.29, 0.717) is 28.2 Å². The summed E-state index contributed by atoms with van der Waals surface area (Å²) in [4.78, 5) is 33.8. The molecule has 6 rings (SSSR count). The molecule has 0 aliphatic heterocycles. The predicted molar refractivity (Wildman–Crippen MR) is 160 cm³/mol. The number of amides is 3. The van der Waals surface area contributed by atoms with Gasteiger partial charge in [-0.05, 0) is 75.3 Å². The van der Waals surface area contributed by atoms with E-state index >= 15 is 0 Å². The van der Waals surface area contributed by atoms with Gasteiger partial charge >= 0.3 is 6.03 Å². The summed E-state index contributed by atoms with van der Waals surface area (Å²) in [5.41, 5.74) is 3.12. The first-order chi connectivity index (χ1) is 20.3. The molecule has 42 heavy (non-hydrogen) atoms. The topological polar surface area (TPSA) is 137 Å². The van der Waals surface area contributed by atoms with Crippen molar-refractivity contribution in [3.8, 4) is 0 Å². The Morgan fingerprint density at radius 3 is 2.40 bits per heavy atom. The number of anilines is 4. The van der Waals surface area contributed by atoms with Crippen LogP contribution in [0.2, 0.25) is 5.02 Å². The van der Waals surface area contributed by atoms with E-state index in [4.69, 9.17) is 11.6 Å². The molecule has 0 saturated heterocycles. The van der Waals surface area contributed by atoms with E-state index < -0.39 is 11.7 Å². The van der Waals surface area contributed by atoms with Crippen LogP contribution in [0.3, 0.4) is 0 Å². The molecule has 1 aromatic carbocycles. The zero-order valence-electron chi connectivity index (χ0n) is 23.0. The molecular formula is C29H31ClFN9O2. The maximum absolute atomic E-state index is 14.1. The van der Waals surface area contributed by atoms with Gasteiger partial charge in [0.15, 0.2) is 17.2 Å². The quantitative estimate of drug-likeness (QED) is 0.180. The van der Waals surface area contributed by atoms with E-state index in [9.17, 15) is 14.0 Å². The second-order valence-electron chi connectivity index (χ2n) is 10.9. The largest absolute Gasteiger partial charge is 0.379 e. The number of nitrogens with one attached hydrogen (secondary N) is 5. The van der Waals surface area contributed by atoms with Gasteiger partial charge in [-0.1, -0.05) is 11.6 Å². The van der Waals surface area contributed by atoms with Crippen LogP contribution in [0.4, 0.5) is 32.1 Å². The number of imidazole rings is 1. The maximum Gasteiger partial charge on any atom is 0.319 e. The summed E-state index contributed by atoms with van der Waals surface area (Å²) in [7, 11) is 0. The summed E-state index contributed by atoms with van der Waals surface area (Å²) in [5.74, 6) is -0.570. The molecule has 2 aliphatic rings. The SMILES string of the molecule is Cc1cc(Cl)cc(NC(=O)NC2CCC(Nc3cc(NC4CC4)c4ncc(C(=O)Nc5ccncc5F)n4n3)CC2)c1. The third-order valence-corrected chi connectivity index (χ3v) is 7.59. The highest BCUT2D eigenvalue weighted by Gasteiger charge is 2.26. The van der Waals surface area contributed by atoms with Crippen molar-refractivity contribution in [3.63, 3.8) is 0 Å². The highest BCUT2D eigenvalue weighted by Crippen LogP contribution is 2.30. The molecule has 2 aliphatic carbocycles. The van der Waals surface area contributed by atoms with Gasteiger partial charge < -0.3 is 26.6 Å². The van der Waals surface area contributed by atoms with Gasteiger partial charge in [-0.3, -0.25) is 9.78 Å². The number of fused-ring (bicyclic) bond motifs is 1. The van der Waals surface area contributed by atoms with Crippen molar-refractivity contribution in [2.45, 2.75) is 63.6 Å². The first-order valence-electron chi connectivity index (χ1n) is 14.0. The van der Waals surface area contributed by atoms with Crippen molar-refractivity contribution >= 4 is 52.1 Å². The van der Waals surface area contributed by atoms with Gasteiger partial charge in [0.25, 0.3) is 5.91 Å². The fourth-order valence-corrected chi connectivity index (χ4v) is 5.45. The smallest absolute Gasteiger partial charge is 0.319 e. The van der Waals surface area contributed by atoms with Crippen LogP contribution in [0.15, 0.2) is 48.9 Å². The first-order valence-corrected chi connectivity index (χ1v) is 14.4. The summed E-state index contributed by atoms with van der Waals surface area (Å²) in [6, 6.07) is 9.01. The number of halogens is 2. The van der Waals surface area contributed by atoms with E-state index in [-0.39, 0.29) is 29.5 Å². The van der Waals surface area contributed by atoms with E-state index in [2.05, 4.69) is 41.7 Å². The normalized spacial score (nSPS) is 18.4. The number of rotatable bonds is 8. The molecule has 11 nitrogen and oxygen atoms in total. The number of carbonyl (C=O) groups is 2. The molecule has 4 aromatic rings. The molecular weight excluding hydrogens is 561 g/mol. The van der Waals surface area contributed by atoms with Gasteiger partial charge in [0.1, 0.15) is 5.82 Å². The lowest BCUT2D eigenvalue weighted by atomic mass is 9.91. The van der Waals surface area contributed by atoms with E-state index in [1.165, 1.54) is 23.0 Å². The molecule has 0 bridgehead atoms. The number of hydrogen-bond acceptors (Lipinski definition) is 7. The number of nitrogens with zero attached hydrogens (tertiary/aromatic N) is 4. The number of hydrogen-bond donors (Lipinski definition) is 5. The molecule has 3 heterocycles. The van der Waals surface area contributed by atoms with Crippen LogP contribution in [0.1, 0.15) is 54.6 Å². The highest BCUT2D eigenvalue weighted by atomic mass is 35.5. The number of urea groups is 1. The molecule has 3 amide bonds. The van der Waals surface area contributed by atoms with E-state index in [1.54, 1.807) is 6.07 Å². The highest BCUT2D eigenvalue weighted by molar-refractivity contribution is 6.31. The Morgan fingerprint density at radius 1 is 0.929 bits per heavy atom. The maximum atomic E-state index is 14.1. The van der Waals surface area contributed by atoms with Gasteiger partial charge in [0.05, 0.1) is 23.8 Å². The van der Waals surface area contributed by atoms with Crippen molar-refractivity contribution in [2.75, 3.05) is 21.3 Å². The molecule has 0 atom stereocenters. The summed E-state index contributed by atoms with van der Waals surface area (Å²) >= 11 is 6.11. The molecule has 5 N–H and O–H groups in total. The summed E-state index contributed by atoms with van der Waals surface area (Å²) in [6.45, 7) is 1.92. The van der Waals surface area contributed by atoms with Crippen LogP contribution in [0.25, 0.3) is 5.65 Å². The van der Waals surface area contributed by atoms with Crippen molar-refractivity contribution in [1.82, 2.24) is 24.9 Å². The Hall–Kier alpha value is -4.45. The second kappa shape index (κ2) is 11.8. The summed E-state index contributed by atoms with van der Waals surface area (Å²) in [5, 5.41) is 20.7. The molecule has 2 saturated carbocycles. The molecule has 3 aromatic heterocycles. The van der Waals surface area contributed by atoms with Gasteiger partial charge in [0.2, 0.25) is 0 Å². The molecule has 13 heteroatoms. The van der Waals surface area contributed by atoms with Crippen molar-refractivity contribution < 1.29 is 14.0 Å². The lowest BCUT2D eigenvalue weighted by molar-refractivity contribution is 0.102. The fourth-order valence-electron chi connectivity index (χ4n) is 5.16. The predicted octanol–water partition coefficient (Wildman–Crippen LogP) is 5.60. The molecule has 2 fully saturated rings.